The molecule has 2 atom stereocenters. The molecule has 1 fully saturated rings. The minimum absolute atomic E-state index is 0.142. The molecule has 0 aliphatic carbocycles. The first-order valence-electron chi connectivity index (χ1n) is 7.11. The summed E-state index contributed by atoms with van der Waals surface area (Å²) in [7, 11) is 2.06. The fourth-order valence-corrected chi connectivity index (χ4v) is 2.63. The number of likely N-dealkylation sites (tertiary alicyclic amines) is 1. The second-order valence-electron chi connectivity index (χ2n) is 5.48. The smallest absolute Gasteiger partial charge is 0.237 e. The van der Waals surface area contributed by atoms with Crippen molar-refractivity contribution in [3.05, 3.63) is 35.9 Å². The average molecular weight is 271 g/mol. The number of hydrogen-bond acceptors (Lipinski definition) is 3. The SMILES string of the molecule is CN1CCCC(NC(=O)C(C#N)Cc2ccccc2)C1. The Hall–Kier alpha value is -1.86. The molecular weight excluding hydrogens is 250 g/mol. The van der Waals surface area contributed by atoms with Crippen LogP contribution in [0, 0.1) is 17.2 Å². The van der Waals surface area contributed by atoms with Crippen molar-refractivity contribution in [2.75, 3.05) is 20.1 Å². The molecule has 2 unspecified atom stereocenters. The predicted octanol–water partition coefficient (Wildman–Crippen LogP) is 1.58. The molecule has 20 heavy (non-hydrogen) atoms. The quantitative estimate of drug-likeness (QED) is 0.904. The molecule has 0 radical (unpaired) electrons. The topological polar surface area (TPSA) is 56.1 Å². The minimum Gasteiger partial charge on any atom is -0.351 e. The van der Waals surface area contributed by atoms with Crippen molar-refractivity contribution in [1.82, 2.24) is 10.2 Å². The summed E-state index contributed by atoms with van der Waals surface area (Å²) in [6.45, 7) is 1.95. The summed E-state index contributed by atoms with van der Waals surface area (Å²) in [4.78, 5) is 14.4. The zero-order valence-electron chi connectivity index (χ0n) is 11.9. The van der Waals surface area contributed by atoms with E-state index in [0.717, 1.165) is 31.5 Å². The molecule has 1 aromatic carbocycles. The summed E-state index contributed by atoms with van der Waals surface area (Å²) >= 11 is 0. The Labute approximate surface area is 120 Å². The highest BCUT2D eigenvalue weighted by molar-refractivity contribution is 5.81. The van der Waals surface area contributed by atoms with Gasteiger partial charge in [-0.3, -0.25) is 4.79 Å². The fraction of sp³-hybridized carbons (Fsp3) is 0.500. The van der Waals surface area contributed by atoms with Gasteiger partial charge in [-0.05, 0) is 38.4 Å². The number of benzene rings is 1. The molecule has 106 valence electrons. The molecule has 0 spiro atoms. The zero-order chi connectivity index (χ0) is 14.4. The van der Waals surface area contributed by atoms with Crippen LogP contribution in [0.15, 0.2) is 30.3 Å². The normalized spacial score (nSPS) is 20.9. The summed E-state index contributed by atoms with van der Waals surface area (Å²) in [5, 5.41) is 12.2. The van der Waals surface area contributed by atoms with E-state index in [-0.39, 0.29) is 11.9 Å². The van der Waals surface area contributed by atoms with Gasteiger partial charge in [-0.15, -0.1) is 0 Å². The summed E-state index contributed by atoms with van der Waals surface area (Å²) in [5.74, 6) is -0.749. The van der Waals surface area contributed by atoms with Gasteiger partial charge in [0.05, 0.1) is 6.07 Å². The van der Waals surface area contributed by atoms with Gasteiger partial charge >= 0.3 is 0 Å². The highest BCUT2D eigenvalue weighted by atomic mass is 16.1. The Morgan fingerprint density at radius 3 is 2.90 bits per heavy atom. The summed E-state index contributed by atoms with van der Waals surface area (Å²) in [6, 6.07) is 12.0. The average Bonchev–Trinajstić information content (AvgIpc) is 2.45. The molecule has 1 N–H and O–H groups in total. The lowest BCUT2D eigenvalue weighted by molar-refractivity contribution is -0.124. The van der Waals surface area contributed by atoms with E-state index in [1.54, 1.807) is 0 Å². The van der Waals surface area contributed by atoms with Crippen molar-refractivity contribution >= 4 is 5.91 Å². The second kappa shape index (κ2) is 7.06. The Morgan fingerprint density at radius 1 is 1.50 bits per heavy atom. The third-order valence-electron chi connectivity index (χ3n) is 3.73. The number of carbonyl (C=O) groups excluding carboxylic acids is 1. The van der Waals surface area contributed by atoms with Gasteiger partial charge < -0.3 is 10.2 Å². The van der Waals surface area contributed by atoms with Crippen LogP contribution in [0.2, 0.25) is 0 Å². The van der Waals surface area contributed by atoms with Crippen molar-refractivity contribution in [2.45, 2.75) is 25.3 Å². The van der Waals surface area contributed by atoms with E-state index in [1.165, 1.54) is 0 Å². The number of amides is 1. The number of rotatable bonds is 4. The van der Waals surface area contributed by atoms with Gasteiger partial charge in [-0.1, -0.05) is 30.3 Å². The van der Waals surface area contributed by atoms with E-state index in [2.05, 4.69) is 23.3 Å². The molecule has 0 aromatic heterocycles. The minimum atomic E-state index is -0.607. The van der Waals surface area contributed by atoms with Crippen LogP contribution in [0.5, 0.6) is 0 Å². The molecule has 4 heteroatoms. The molecule has 4 nitrogen and oxygen atoms in total. The van der Waals surface area contributed by atoms with E-state index < -0.39 is 5.92 Å². The Bertz CT molecular complexity index is 480. The van der Waals surface area contributed by atoms with Crippen molar-refractivity contribution < 1.29 is 4.79 Å². The van der Waals surface area contributed by atoms with Crippen LogP contribution in [0.4, 0.5) is 0 Å². The largest absolute Gasteiger partial charge is 0.351 e. The maximum Gasteiger partial charge on any atom is 0.237 e. The van der Waals surface area contributed by atoms with Crippen LogP contribution in [-0.2, 0) is 11.2 Å². The predicted molar refractivity (Wildman–Crippen MR) is 77.9 cm³/mol. The summed E-state index contributed by atoms with van der Waals surface area (Å²) in [5.41, 5.74) is 1.02. The molecule has 0 bridgehead atoms. The van der Waals surface area contributed by atoms with Crippen LogP contribution in [0.25, 0.3) is 0 Å². The van der Waals surface area contributed by atoms with E-state index in [1.807, 2.05) is 30.3 Å². The van der Waals surface area contributed by atoms with Gasteiger partial charge in [0, 0.05) is 12.6 Å². The summed E-state index contributed by atoms with van der Waals surface area (Å²) in [6.07, 6.45) is 2.57. The molecule has 1 heterocycles. The van der Waals surface area contributed by atoms with Crippen LogP contribution in [-0.4, -0.2) is 37.0 Å². The molecule has 1 aromatic rings. The Kier molecular flexibility index (Phi) is 5.14. The maximum absolute atomic E-state index is 12.2. The van der Waals surface area contributed by atoms with Crippen molar-refractivity contribution in [1.29, 1.82) is 5.26 Å². The number of piperidine rings is 1. The van der Waals surface area contributed by atoms with Crippen molar-refractivity contribution in [3.63, 3.8) is 0 Å². The number of nitriles is 1. The molecule has 1 aliphatic heterocycles. The molecule has 1 aliphatic rings. The van der Waals surface area contributed by atoms with Gasteiger partial charge in [0.1, 0.15) is 5.92 Å². The highest BCUT2D eigenvalue weighted by Gasteiger charge is 2.24. The number of carbonyl (C=O) groups is 1. The summed E-state index contributed by atoms with van der Waals surface area (Å²) < 4.78 is 0. The first-order valence-corrected chi connectivity index (χ1v) is 7.11. The monoisotopic (exact) mass is 271 g/mol. The van der Waals surface area contributed by atoms with E-state index >= 15 is 0 Å². The van der Waals surface area contributed by atoms with Gasteiger partial charge in [0.15, 0.2) is 0 Å². The first kappa shape index (κ1) is 14.5. The molecule has 0 saturated carbocycles. The maximum atomic E-state index is 12.2. The standard InChI is InChI=1S/C16H21N3O/c1-19-9-5-8-15(12-19)18-16(20)14(11-17)10-13-6-3-2-4-7-13/h2-4,6-7,14-15H,5,8-10,12H2,1H3,(H,18,20). The molecular formula is C16H21N3O. The van der Waals surface area contributed by atoms with Gasteiger partial charge in [0.2, 0.25) is 5.91 Å². The van der Waals surface area contributed by atoms with Crippen LogP contribution in [0.1, 0.15) is 18.4 Å². The lowest BCUT2D eigenvalue weighted by Crippen LogP contribution is -2.48. The van der Waals surface area contributed by atoms with E-state index in [4.69, 9.17) is 0 Å². The lowest BCUT2D eigenvalue weighted by Gasteiger charge is -2.30. The fourth-order valence-electron chi connectivity index (χ4n) is 2.63. The van der Waals surface area contributed by atoms with Gasteiger partial charge in [-0.25, -0.2) is 0 Å². The second-order valence-corrected chi connectivity index (χ2v) is 5.48. The number of nitrogens with one attached hydrogen (secondary N) is 1. The van der Waals surface area contributed by atoms with Gasteiger partial charge in [0.25, 0.3) is 0 Å². The van der Waals surface area contributed by atoms with Gasteiger partial charge in [-0.2, -0.15) is 5.26 Å². The van der Waals surface area contributed by atoms with E-state index in [9.17, 15) is 10.1 Å². The first-order chi connectivity index (χ1) is 9.69. The lowest BCUT2D eigenvalue weighted by atomic mass is 9.98. The Morgan fingerprint density at radius 2 is 2.25 bits per heavy atom. The zero-order valence-corrected chi connectivity index (χ0v) is 11.9. The number of nitrogens with zero attached hydrogens (tertiary/aromatic N) is 2. The number of hydrogen-bond donors (Lipinski definition) is 1. The van der Waals surface area contributed by atoms with Crippen LogP contribution < -0.4 is 5.32 Å². The molecule has 1 amide bonds. The third kappa shape index (κ3) is 4.07. The molecule has 1 saturated heterocycles. The van der Waals surface area contributed by atoms with Crippen LogP contribution in [0.3, 0.4) is 0 Å². The molecule has 2 rings (SSSR count). The highest BCUT2D eigenvalue weighted by Crippen LogP contribution is 2.11. The van der Waals surface area contributed by atoms with Crippen molar-refractivity contribution in [2.24, 2.45) is 5.92 Å². The van der Waals surface area contributed by atoms with E-state index in [0.29, 0.717) is 6.42 Å². The van der Waals surface area contributed by atoms with Crippen molar-refractivity contribution in [3.8, 4) is 6.07 Å². The third-order valence-corrected chi connectivity index (χ3v) is 3.73. The Balaban J connectivity index is 1.91. The number of likely N-dealkylation sites (N-methyl/N-ethyl adjacent to an activating group) is 1. The van der Waals surface area contributed by atoms with Crippen LogP contribution >= 0.6 is 0 Å².